The Kier molecular flexibility index (Phi) is 6.18. The summed E-state index contributed by atoms with van der Waals surface area (Å²) in [6.45, 7) is 7.07. The van der Waals surface area contributed by atoms with Gasteiger partial charge in [0, 0.05) is 25.1 Å². The molecule has 7 heteroatoms. The van der Waals surface area contributed by atoms with Crippen LogP contribution >= 0.6 is 22.6 Å². The van der Waals surface area contributed by atoms with Gasteiger partial charge in [0.2, 0.25) is 0 Å². The second kappa shape index (κ2) is 8.41. The number of benzene rings is 1. The Morgan fingerprint density at radius 2 is 2.07 bits per heavy atom. The van der Waals surface area contributed by atoms with Crippen molar-refractivity contribution >= 4 is 28.7 Å². The van der Waals surface area contributed by atoms with E-state index in [1.807, 2.05) is 49.9 Å². The summed E-state index contributed by atoms with van der Waals surface area (Å²) in [5.41, 5.74) is 0.686. The zero-order chi connectivity index (χ0) is 19.4. The molecule has 0 N–H and O–H groups in total. The molecule has 1 aliphatic heterocycles. The number of piperidine rings is 1. The summed E-state index contributed by atoms with van der Waals surface area (Å²) < 4.78 is 12.2. The lowest BCUT2D eigenvalue weighted by molar-refractivity contribution is 0.0198. The van der Waals surface area contributed by atoms with Crippen LogP contribution in [0.15, 0.2) is 36.5 Å². The number of amides is 1. The van der Waals surface area contributed by atoms with Gasteiger partial charge in [-0.05, 0) is 73.9 Å². The van der Waals surface area contributed by atoms with Crippen LogP contribution in [0.2, 0.25) is 0 Å². The molecule has 0 spiro atoms. The van der Waals surface area contributed by atoms with Crippen molar-refractivity contribution in [3.05, 3.63) is 45.8 Å². The Morgan fingerprint density at radius 3 is 2.81 bits per heavy atom. The maximum Gasteiger partial charge on any atom is 0.410 e. The lowest BCUT2D eigenvalue weighted by atomic mass is 9.90. The van der Waals surface area contributed by atoms with Crippen molar-refractivity contribution in [1.29, 1.82) is 0 Å². The van der Waals surface area contributed by atoms with Crippen molar-refractivity contribution in [3.8, 4) is 11.5 Å². The van der Waals surface area contributed by atoms with Crippen LogP contribution in [0.25, 0.3) is 0 Å². The maximum absolute atomic E-state index is 12.4. The van der Waals surface area contributed by atoms with E-state index in [1.54, 1.807) is 6.20 Å². The average Bonchev–Trinajstić information content (AvgIpc) is 2.61. The molecular weight excluding hydrogens is 457 g/mol. The van der Waals surface area contributed by atoms with Gasteiger partial charge in [0.15, 0.2) is 0 Å². The highest BCUT2D eigenvalue weighted by Gasteiger charge is 2.28. The monoisotopic (exact) mass is 481 g/mol. The molecule has 1 saturated heterocycles. The van der Waals surface area contributed by atoms with Gasteiger partial charge in [-0.1, -0.05) is 12.1 Å². The zero-order valence-electron chi connectivity index (χ0n) is 15.8. The summed E-state index contributed by atoms with van der Waals surface area (Å²) >= 11 is 2.10. The van der Waals surface area contributed by atoms with E-state index in [0.717, 1.165) is 34.4 Å². The van der Waals surface area contributed by atoms with Gasteiger partial charge in [-0.25, -0.2) is 4.79 Å². The lowest BCUT2D eigenvalue weighted by Gasteiger charge is -2.34. The lowest BCUT2D eigenvalue weighted by Crippen LogP contribution is -2.42. The van der Waals surface area contributed by atoms with Gasteiger partial charge in [-0.3, -0.25) is 0 Å². The van der Waals surface area contributed by atoms with Crippen LogP contribution in [0.1, 0.15) is 45.1 Å². The molecule has 6 nitrogen and oxygen atoms in total. The standard InChI is InChI=1S/C20H24IN3O3/c1-20(2,3)27-19(25)24-9-5-7-15(13-24)14-6-4-8-16(10-14)26-17-11-18(21)23-22-12-17/h4,6,8,10-12,15H,5,7,9,13H2,1-3H3. The van der Waals surface area contributed by atoms with Crippen LogP contribution in [-0.4, -0.2) is 39.9 Å². The molecule has 27 heavy (non-hydrogen) atoms. The normalized spacial score (nSPS) is 17.5. The third kappa shape index (κ3) is 5.79. The van der Waals surface area contributed by atoms with Crippen LogP contribution < -0.4 is 4.74 Å². The number of halogens is 1. The number of carbonyl (C=O) groups is 1. The number of carbonyl (C=O) groups excluding carboxylic acids is 1. The predicted octanol–water partition coefficient (Wildman–Crippen LogP) is 4.99. The molecule has 0 aliphatic carbocycles. The first-order valence-corrected chi connectivity index (χ1v) is 10.1. The Bertz CT molecular complexity index is 807. The molecule has 1 unspecified atom stereocenters. The topological polar surface area (TPSA) is 64.5 Å². The van der Waals surface area contributed by atoms with E-state index >= 15 is 0 Å². The van der Waals surface area contributed by atoms with E-state index in [9.17, 15) is 4.79 Å². The number of ether oxygens (including phenoxy) is 2. The van der Waals surface area contributed by atoms with Crippen molar-refractivity contribution in [1.82, 2.24) is 15.1 Å². The van der Waals surface area contributed by atoms with E-state index in [2.05, 4.69) is 38.9 Å². The van der Waals surface area contributed by atoms with Gasteiger partial charge in [-0.2, -0.15) is 5.10 Å². The minimum absolute atomic E-state index is 0.239. The molecule has 1 amide bonds. The molecule has 1 aromatic carbocycles. The first-order valence-electron chi connectivity index (χ1n) is 9.04. The molecule has 1 fully saturated rings. The van der Waals surface area contributed by atoms with Gasteiger partial charge >= 0.3 is 6.09 Å². The van der Waals surface area contributed by atoms with E-state index in [4.69, 9.17) is 9.47 Å². The van der Waals surface area contributed by atoms with Crippen molar-refractivity contribution in [2.24, 2.45) is 0 Å². The maximum atomic E-state index is 12.4. The van der Waals surface area contributed by atoms with Crippen molar-refractivity contribution in [2.45, 2.75) is 45.1 Å². The molecule has 0 bridgehead atoms. The van der Waals surface area contributed by atoms with Crippen molar-refractivity contribution < 1.29 is 14.3 Å². The Hall–Kier alpha value is -1.90. The minimum atomic E-state index is -0.478. The van der Waals surface area contributed by atoms with E-state index in [0.29, 0.717) is 12.3 Å². The molecule has 1 aromatic heterocycles. The van der Waals surface area contributed by atoms with Crippen LogP contribution in [0, 0.1) is 3.70 Å². The largest absolute Gasteiger partial charge is 0.456 e. The van der Waals surface area contributed by atoms with E-state index in [-0.39, 0.29) is 12.0 Å². The van der Waals surface area contributed by atoms with Gasteiger partial charge < -0.3 is 14.4 Å². The molecule has 2 aromatic rings. The summed E-state index contributed by atoms with van der Waals surface area (Å²) in [6.07, 6.45) is 3.36. The second-order valence-corrected chi connectivity index (χ2v) is 8.76. The Labute approximate surface area is 173 Å². The van der Waals surface area contributed by atoms with Gasteiger partial charge in [-0.15, -0.1) is 5.10 Å². The Balaban J connectivity index is 1.69. The third-order valence-corrected chi connectivity index (χ3v) is 4.77. The summed E-state index contributed by atoms with van der Waals surface area (Å²) in [4.78, 5) is 14.2. The second-order valence-electron chi connectivity index (χ2n) is 7.65. The van der Waals surface area contributed by atoms with E-state index in [1.165, 1.54) is 0 Å². The predicted molar refractivity (Wildman–Crippen MR) is 111 cm³/mol. The first kappa shape index (κ1) is 19.9. The first-order chi connectivity index (χ1) is 12.8. The SMILES string of the molecule is CC(C)(C)OC(=O)N1CCCC(c2cccc(Oc3cnnc(I)c3)c2)C1. The van der Waals surface area contributed by atoms with E-state index < -0.39 is 5.60 Å². The summed E-state index contributed by atoms with van der Waals surface area (Å²) in [6, 6.07) is 9.87. The van der Waals surface area contributed by atoms with Crippen molar-refractivity contribution in [3.63, 3.8) is 0 Å². The van der Waals surface area contributed by atoms with Crippen LogP contribution in [0.4, 0.5) is 4.79 Å². The number of likely N-dealkylation sites (tertiary alicyclic amines) is 1. The van der Waals surface area contributed by atoms with Crippen molar-refractivity contribution in [2.75, 3.05) is 13.1 Å². The fourth-order valence-corrected chi connectivity index (χ4v) is 3.52. The Morgan fingerprint density at radius 1 is 1.26 bits per heavy atom. The smallest absolute Gasteiger partial charge is 0.410 e. The molecule has 2 heterocycles. The molecule has 1 aliphatic rings. The highest BCUT2D eigenvalue weighted by atomic mass is 127. The average molecular weight is 481 g/mol. The molecule has 144 valence electrons. The van der Waals surface area contributed by atoms with Crippen LogP contribution in [-0.2, 0) is 4.74 Å². The molecule has 3 rings (SSSR count). The quantitative estimate of drug-likeness (QED) is 0.579. The highest BCUT2D eigenvalue weighted by Crippen LogP contribution is 2.31. The number of rotatable bonds is 3. The van der Waals surface area contributed by atoms with Crippen LogP contribution in [0.3, 0.4) is 0 Å². The van der Waals surface area contributed by atoms with Gasteiger partial charge in [0.1, 0.15) is 20.8 Å². The molecule has 0 radical (unpaired) electrons. The highest BCUT2D eigenvalue weighted by molar-refractivity contribution is 14.1. The number of hydrogen-bond donors (Lipinski definition) is 0. The summed E-state index contributed by atoms with van der Waals surface area (Å²) in [5, 5.41) is 7.84. The molecule has 1 atom stereocenters. The van der Waals surface area contributed by atoms with Gasteiger partial charge in [0.05, 0.1) is 6.20 Å². The minimum Gasteiger partial charge on any atom is -0.456 e. The van der Waals surface area contributed by atoms with Crippen LogP contribution in [0.5, 0.6) is 11.5 Å². The zero-order valence-corrected chi connectivity index (χ0v) is 18.0. The fraction of sp³-hybridized carbons (Fsp3) is 0.450. The summed E-state index contributed by atoms with van der Waals surface area (Å²) in [5.74, 6) is 1.68. The number of nitrogens with zero attached hydrogens (tertiary/aromatic N) is 3. The number of aromatic nitrogens is 2. The third-order valence-electron chi connectivity index (χ3n) is 4.24. The molecule has 0 saturated carbocycles. The van der Waals surface area contributed by atoms with Gasteiger partial charge in [0.25, 0.3) is 0 Å². The number of hydrogen-bond acceptors (Lipinski definition) is 5. The molecular formula is C20H24IN3O3. The fourth-order valence-electron chi connectivity index (χ4n) is 3.09. The summed E-state index contributed by atoms with van der Waals surface area (Å²) in [7, 11) is 0.